The minimum absolute atomic E-state index is 0.958. The van der Waals surface area contributed by atoms with E-state index in [2.05, 4.69) is 37.4 Å². The minimum Gasteiger partial charge on any atom is -0.350 e. The van der Waals surface area contributed by atoms with Crippen molar-refractivity contribution in [3.05, 3.63) is 10.6 Å². The van der Waals surface area contributed by atoms with Crippen LogP contribution in [-0.4, -0.2) is 37.1 Å². The van der Waals surface area contributed by atoms with Gasteiger partial charge in [-0.05, 0) is 19.2 Å². The molecule has 0 aliphatic rings. The number of aromatic nitrogens is 1. The van der Waals surface area contributed by atoms with Gasteiger partial charge in [-0.3, -0.25) is 0 Å². The van der Waals surface area contributed by atoms with Crippen molar-refractivity contribution in [2.45, 2.75) is 33.2 Å². The first-order valence-electron chi connectivity index (χ1n) is 6.62. The van der Waals surface area contributed by atoms with Crippen molar-refractivity contribution in [3.8, 4) is 0 Å². The van der Waals surface area contributed by atoms with Crippen molar-refractivity contribution >= 4 is 28.2 Å². The molecule has 1 heterocycles. The van der Waals surface area contributed by atoms with Gasteiger partial charge in [0, 0.05) is 30.8 Å². The molecule has 0 spiro atoms. The molecule has 0 aliphatic carbocycles. The number of hydrogen-bond donors (Lipinski definition) is 1. The Morgan fingerprint density at radius 2 is 2.17 bits per heavy atom. The van der Waals surface area contributed by atoms with Crippen molar-refractivity contribution in [1.29, 1.82) is 0 Å². The zero-order valence-corrected chi connectivity index (χ0v) is 13.6. The van der Waals surface area contributed by atoms with Crippen LogP contribution in [0.5, 0.6) is 0 Å². The summed E-state index contributed by atoms with van der Waals surface area (Å²) in [4.78, 5) is 8.48. The summed E-state index contributed by atoms with van der Waals surface area (Å²) in [5, 5.41) is 4.57. The molecule has 1 rings (SSSR count). The molecular formula is C13H25N3S2. The summed E-state index contributed by atoms with van der Waals surface area (Å²) in [6.07, 6.45) is 4.40. The number of rotatable bonds is 9. The van der Waals surface area contributed by atoms with Gasteiger partial charge in [-0.15, -0.1) is 11.3 Å². The predicted octanol–water partition coefficient (Wildman–Crippen LogP) is 3.00. The minimum atomic E-state index is 0.958. The van der Waals surface area contributed by atoms with E-state index in [-0.39, 0.29) is 0 Å². The fraction of sp³-hybridized carbons (Fsp3) is 0.769. The number of thioether (sulfide) groups is 1. The summed E-state index contributed by atoms with van der Waals surface area (Å²) in [6, 6.07) is 0. The molecule has 5 heteroatoms. The Morgan fingerprint density at radius 1 is 1.39 bits per heavy atom. The van der Waals surface area contributed by atoms with Crippen LogP contribution in [0.4, 0.5) is 5.13 Å². The fourth-order valence-corrected chi connectivity index (χ4v) is 3.19. The molecule has 104 valence electrons. The van der Waals surface area contributed by atoms with Crippen LogP contribution in [0.1, 0.15) is 30.8 Å². The average Bonchev–Trinajstić information content (AvgIpc) is 2.77. The van der Waals surface area contributed by atoms with E-state index < -0.39 is 0 Å². The first-order valence-corrected chi connectivity index (χ1v) is 8.83. The monoisotopic (exact) mass is 287 g/mol. The Bertz CT molecular complexity index is 339. The largest absolute Gasteiger partial charge is 0.350 e. The second kappa shape index (κ2) is 8.77. The lowest BCUT2D eigenvalue weighted by atomic mass is 10.2. The highest BCUT2D eigenvalue weighted by Crippen LogP contribution is 2.26. The maximum absolute atomic E-state index is 4.80. The van der Waals surface area contributed by atoms with E-state index in [0.29, 0.717) is 0 Å². The zero-order chi connectivity index (χ0) is 13.4. The molecule has 0 radical (unpaired) electrons. The van der Waals surface area contributed by atoms with Crippen LogP contribution < -0.4 is 10.2 Å². The van der Waals surface area contributed by atoms with Gasteiger partial charge in [0.2, 0.25) is 0 Å². The molecule has 0 unspecified atom stereocenters. The lowest BCUT2D eigenvalue weighted by molar-refractivity contribution is 0.723. The number of nitrogens with one attached hydrogen (secondary N) is 1. The maximum Gasteiger partial charge on any atom is 0.185 e. The van der Waals surface area contributed by atoms with Crippen LogP contribution in [-0.2, 0) is 13.0 Å². The molecule has 0 saturated heterocycles. The molecule has 1 aromatic heterocycles. The van der Waals surface area contributed by atoms with Crippen molar-refractivity contribution in [1.82, 2.24) is 10.3 Å². The van der Waals surface area contributed by atoms with Gasteiger partial charge < -0.3 is 10.2 Å². The predicted molar refractivity (Wildman–Crippen MR) is 85.1 cm³/mol. The second-order valence-electron chi connectivity index (χ2n) is 4.31. The molecule has 1 N–H and O–H groups in total. The highest BCUT2D eigenvalue weighted by Gasteiger charge is 2.12. The van der Waals surface area contributed by atoms with E-state index in [1.807, 2.05) is 23.1 Å². The van der Waals surface area contributed by atoms with E-state index in [9.17, 15) is 0 Å². The van der Waals surface area contributed by atoms with Crippen molar-refractivity contribution < 1.29 is 0 Å². The third-order valence-electron chi connectivity index (χ3n) is 2.75. The summed E-state index contributed by atoms with van der Waals surface area (Å²) in [7, 11) is 2.14. The SMILES string of the molecule is CCCc1nc(N(C)CCSC)sc1CNCC. The van der Waals surface area contributed by atoms with E-state index in [1.54, 1.807) is 0 Å². The van der Waals surface area contributed by atoms with Gasteiger partial charge in [0.05, 0.1) is 5.69 Å². The summed E-state index contributed by atoms with van der Waals surface area (Å²) < 4.78 is 0. The Balaban J connectivity index is 2.73. The van der Waals surface area contributed by atoms with Crippen molar-refractivity contribution in [2.24, 2.45) is 0 Å². The lowest BCUT2D eigenvalue weighted by Crippen LogP contribution is -2.19. The van der Waals surface area contributed by atoms with E-state index in [0.717, 1.165) is 38.2 Å². The molecule has 0 amide bonds. The molecule has 1 aromatic rings. The zero-order valence-electron chi connectivity index (χ0n) is 12.0. The number of nitrogens with zero attached hydrogens (tertiary/aromatic N) is 2. The summed E-state index contributed by atoms with van der Waals surface area (Å²) in [5.74, 6) is 1.15. The Hall–Kier alpha value is -0.260. The van der Waals surface area contributed by atoms with Gasteiger partial charge in [-0.1, -0.05) is 20.3 Å². The van der Waals surface area contributed by atoms with E-state index in [4.69, 9.17) is 4.98 Å². The van der Waals surface area contributed by atoms with Gasteiger partial charge >= 0.3 is 0 Å². The van der Waals surface area contributed by atoms with Crippen LogP contribution in [0.25, 0.3) is 0 Å². The quantitative estimate of drug-likeness (QED) is 0.756. The van der Waals surface area contributed by atoms with Crippen LogP contribution >= 0.6 is 23.1 Å². The van der Waals surface area contributed by atoms with E-state index >= 15 is 0 Å². The van der Waals surface area contributed by atoms with Crippen LogP contribution in [0.2, 0.25) is 0 Å². The summed E-state index contributed by atoms with van der Waals surface area (Å²) >= 11 is 3.72. The highest BCUT2D eigenvalue weighted by molar-refractivity contribution is 7.98. The molecular weight excluding hydrogens is 262 g/mol. The van der Waals surface area contributed by atoms with Crippen molar-refractivity contribution in [2.75, 3.05) is 37.0 Å². The standard InChI is InChI=1S/C13H25N3S2/c1-5-7-11-12(10-14-6-2)18-13(15-11)16(3)8-9-17-4/h14H,5-10H2,1-4H3. The normalized spacial score (nSPS) is 10.9. The van der Waals surface area contributed by atoms with E-state index in [1.165, 1.54) is 15.7 Å². The topological polar surface area (TPSA) is 28.2 Å². The van der Waals surface area contributed by atoms with Gasteiger partial charge in [0.1, 0.15) is 0 Å². The third-order valence-corrected chi connectivity index (χ3v) is 4.55. The average molecular weight is 287 g/mol. The van der Waals surface area contributed by atoms with Crippen LogP contribution in [0, 0.1) is 0 Å². The molecule has 3 nitrogen and oxygen atoms in total. The summed E-state index contributed by atoms with van der Waals surface area (Å²) in [6.45, 7) is 7.40. The molecule has 0 aromatic carbocycles. The molecule has 0 aliphatic heterocycles. The Labute approximate surface area is 119 Å². The summed E-state index contributed by atoms with van der Waals surface area (Å²) in [5.41, 5.74) is 1.29. The number of aryl methyl sites for hydroxylation is 1. The molecule has 0 fully saturated rings. The highest BCUT2D eigenvalue weighted by atomic mass is 32.2. The maximum atomic E-state index is 4.80. The molecule has 0 saturated carbocycles. The third kappa shape index (κ3) is 4.78. The van der Waals surface area contributed by atoms with Gasteiger partial charge in [-0.25, -0.2) is 4.98 Å². The number of thiazole rings is 1. The lowest BCUT2D eigenvalue weighted by Gasteiger charge is -2.14. The van der Waals surface area contributed by atoms with Crippen molar-refractivity contribution in [3.63, 3.8) is 0 Å². The van der Waals surface area contributed by atoms with Gasteiger partial charge in [0.25, 0.3) is 0 Å². The second-order valence-corrected chi connectivity index (χ2v) is 6.36. The molecule has 0 bridgehead atoms. The number of hydrogen-bond acceptors (Lipinski definition) is 5. The Kier molecular flexibility index (Phi) is 7.70. The Morgan fingerprint density at radius 3 is 2.78 bits per heavy atom. The fourth-order valence-electron chi connectivity index (χ4n) is 1.67. The molecule has 18 heavy (non-hydrogen) atoms. The first-order chi connectivity index (χ1) is 8.72. The smallest absolute Gasteiger partial charge is 0.185 e. The van der Waals surface area contributed by atoms with Crippen LogP contribution in [0.3, 0.4) is 0 Å². The molecule has 0 atom stereocenters. The van der Waals surface area contributed by atoms with Crippen LogP contribution in [0.15, 0.2) is 0 Å². The van der Waals surface area contributed by atoms with Gasteiger partial charge in [-0.2, -0.15) is 11.8 Å². The number of anilines is 1. The first kappa shape index (κ1) is 15.8. The van der Waals surface area contributed by atoms with Gasteiger partial charge in [0.15, 0.2) is 5.13 Å².